The SMILES string of the molecule is CSC(CCCCc1c[nH]c2ccccc12)[C@H]1O[C@@H](n2cnc3c(N)ncnc32)[C@H](O)[C@@H]1O. The van der Waals surface area contributed by atoms with Gasteiger partial charge in [0.25, 0.3) is 0 Å². The number of ether oxygens (including phenoxy) is 1. The summed E-state index contributed by atoms with van der Waals surface area (Å²) in [7, 11) is 0. The lowest BCUT2D eigenvalue weighted by molar-refractivity contribution is -0.0356. The van der Waals surface area contributed by atoms with E-state index in [9.17, 15) is 10.2 Å². The van der Waals surface area contributed by atoms with E-state index in [1.165, 1.54) is 23.6 Å². The van der Waals surface area contributed by atoms with Gasteiger partial charge in [-0.15, -0.1) is 0 Å². The summed E-state index contributed by atoms with van der Waals surface area (Å²) in [5, 5.41) is 22.9. The monoisotopic (exact) mass is 468 g/mol. The molecule has 0 bridgehead atoms. The first-order valence-electron chi connectivity index (χ1n) is 11.1. The number of unbranched alkanes of at least 4 members (excludes halogenated alkanes) is 1. The summed E-state index contributed by atoms with van der Waals surface area (Å²) in [5.74, 6) is 0.264. The molecule has 4 aromatic rings. The quantitative estimate of drug-likeness (QED) is 0.290. The summed E-state index contributed by atoms with van der Waals surface area (Å²) in [6.45, 7) is 0. The number of aliphatic hydroxyl groups is 2. The van der Waals surface area contributed by atoms with Gasteiger partial charge in [0.05, 0.1) is 6.33 Å². The molecule has 5 rings (SSSR count). The average Bonchev–Trinajstić information content (AvgIpc) is 3.52. The molecule has 0 amide bonds. The maximum absolute atomic E-state index is 10.8. The van der Waals surface area contributed by atoms with E-state index in [1.807, 2.05) is 12.3 Å². The van der Waals surface area contributed by atoms with Crippen LogP contribution in [-0.4, -0.2) is 64.5 Å². The smallest absolute Gasteiger partial charge is 0.167 e. The Hall–Kier alpha value is -2.66. The number of aryl methyl sites for hydroxylation is 1. The van der Waals surface area contributed by atoms with Gasteiger partial charge in [0.2, 0.25) is 0 Å². The molecular weight excluding hydrogens is 440 g/mol. The molecule has 1 saturated heterocycles. The first kappa shape index (κ1) is 22.1. The van der Waals surface area contributed by atoms with E-state index < -0.39 is 24.5 Å². The normalized spacial score (nSPS) is 24.1. The number of hydrogen-bond donors (Lipinski definition) is 4. The van der Waals surface area contributed by atoms with Crippen LogP contribution in [0.2, 0.25) is 0 Å². The lowest BCUT2D eigenvalue weighted by Gasteiger charge is -2.24. The van der Waals surface area contributed by atoms with Crippen molar-refractivity contribution >= 4 is 39.6 Å². The van der Waals surface area contributed by atoms with Crippen LogP contribution in [0.4, 0.5) is 5.82 Å². The molecule has 1 aromatic carbocycles. The number of thioether (sulfide) groups is 1. The standard InChI is InChI=1S/C23H28N6O3S/c1-33-16(9-5-2-6-13-10-25-15-8-4-3-7-14(13)15)20-18(30)19(31)23(32-20)29-12-28-17-21(24)26-11-27-22(17)29/h3-4,7-8,10-12,16,18-20,23,25,30-31H,2,5-6,9H2,1H3,(H2,24,26,27)/t16?,18-,19+,20+,23+/m0/s1. The minimum Gasteiger partial charge on any atom is -0.387 e. The third-order valence-electron chi connectivity index (χ3n) is 6.47. The Morgan fingerprint density at radius 1 is 1.18 bits per heavy atom. The zero-order valence-corrected chi connectivity index (χ0v) is 19.2. The van der Waals surface area contributed by atoms with Crippen molar-refractivity contribution in [2.24, 2.45) is 0 Å². The van der Waals surface area contributed by atoms with E-state index >= 15 is 0 Å². The van der Waals surface area contributed by atoms with Gasteiger partial charge >= 0.3 is 0 Å². The zero-order valence-electron chi connectivity index (χ0n) is 18.3. The zero-order chi connectivity index (χ0) is 22.9. The van der Waals surface area contributed by atoms with Gasteiger partial charge < -0.3 is 25.7 Å². The van der Waals surface area contributed by atoms with Gasteiger partial charge in [0, 0.05) is 22.3 Å². The van der Waals surface area contributed by atoms with Crippen LogP contribution in [-0.2, 0) is 11.2 Å². The number of aromatic amines is 1. The Kier molecular flexibility index (Phi) is 6.24. The van der Waals surface area contributed by atoms with Gasteiger partial charge in [0.15, 0.2) is 17.7 Å². The number of benzene rings is 1. The van der Waals surface area contributed by atoms with Crippen molar-refractivity contribution in [1.29, 1.82) is 0 Å². The van der Waals surface area contributed by atoms with Gasteiger partial charge in [0.1, 0.15) is 30.2 Å². The highest BCUT2D eigenvalue weighted by atomic mass is 32.2. The fraction of sp³-hybridized carbons (Fsp3) is 0.435. The first-order valence-corrected chi connectivity index (χ1v) is 12.4. The molecule has 3 aromatic heterocycles. The number of nitrogens with zero attached hydrogens (tertiary/aromatic N) is 4. The van der Waals surface area contributed by atoms with Crippen molar-refractivity contribution in [2.75, 3.05) is 12.0 Å². The van der Waals surface area contributed by atoms with Crippen molar-refractivity contribution in [3.63, 3.8) is 0 Å². The minimum atomic E-state index is -1.09. The third-order valence-corrected chi connectivity index (χ3v) is 7.57. The molecule has 0 aliphatic carbocycles. The number of nitrogen functional groups attached to an aromatic ring is 1. The van der Waals surface area contributed by atoms with E-state index in [1.54, 1.807) is 16.3 Å². The summed E-state index contributed by atoms with van der Waals surface area (Å²) >= 11 is 1.66. The van der Waals surface area contributed by atoms with Crippen LogP contribution < -0.4 is 5.73 Å². The van der Waals surface area contributed by atoms with Crippen LogP contribution in [0.1, 0.15) is 31.1 Å². The number of nitrogens with one attached hydrogen (secondary N) is 1. The molecule has 1 aliphatic heterocycles. The second-order valence-corrected chi connectivity index (χ2v) is 9.51. The molecular formula is C23H28N6O3S. The minimum absolute atomic E-state index is 0.0529. The lowest BCUT2D eigenvalue weighted by atomic mass is 10.0. The molecule has 1 fully saturated rings. The highest BCUT2D eigenvalue weighted by molar-refractivity contribution is 7.99. The van der Waals surface area contributed by atoms with Crippen LogP contribution in [0, 0.1) is 0 Å². The number of hydrogen-bond acceptors (Lipinski definition) is 8. The third kappa shape index (κ3) is 4.08. The Labute approximate surface area is 195 Å². The molecule has 4 heterocycles. The number of aliphatic hydroxyl groups excluding tert-OH is 2. The van der Waals surface area contributed by atoms with Crippen molar-refractivity contribution in [3.05, 3.63) is 48.7 Å². The van der Waals surface area contributed by atoms with E-state index in [-0.39, 0.29) is 11.1 Å². The molecule has 9 nitrogen and oxygen atoms in total. The first-order chi connectivity index (χ1) is 16.1. The van der Waals surface area contributed by atoms with Crippen molar-refractivity contribution in [3.8, 4) is 0 Å². The van der Waals surface area contributed by atoms with Crippen LogP contribution in [0.25, 0.3) is 22.1 Å². The Morgan fingerprint density at radius 2 is 2.03 bits per heavy atom. The molecule has 5 N–H and O–H groups in total. The van der Waals surface area contributed by atoms with Crippen LogP contribution in [0.15, 0.2) is 43.1 Å². The molecule has 1 unspecified atom stereocenters. The molecule has 33 heavy (non-hydrogen) atoms. The Morgan fingerprint density at radius 3 is 2.88 bits per heavy atom. The van der Waals surface area contributed by atoms with Crippen LogP contribution in [0.3, 0.4) is 0 Å². The largest absolute Gasteiger partial charge is 0.387 e. The summed E-state index contributed by atoms with van der Waals surface area (Å²) in [6.07, 6.45) is 7.51. The van der Waals surface area contributed by atoms with Gasteiger partial charge in [-0.2, -0.15) is 11.8 Å². The van der Waals surface area contributed by atoms with Crippen molar-refractivity contribution in [2.45, 2.75) is 55.5 Å². The highest BCUT2D eigenvalue weighted by Crippen LogP contribution is 2.37. The number of aromatic nitrogens is 5. The highest BCUT2D eigenvalue weighted by Gasteiger charge is 2.47. The Bertz CT molecular complexity index is 1240. The predicted molar refractivity (Wildman–Crippen MR) is 129 cm³/mol. The summed E-state index contributed by atoms with van der Waals surface area (Å²) in [4.78, 5) is 15.8. The second kappa shape index (κ2) is 9.30. The van der Waals surface area contributed by atoms with Gasteiger partial charge in [-0.25, -0.2) is 15.0 Å². The fourth-order valence-electron chi connectivity index (χ4n) is 4.69. The van der Waals surface area contributed by atoms with E-state index in [0.717, 1.165) is 31.2 Å². The van der Waals surface area contributed by atoms with E-state index in [4.69, 9.17) is 10.5 Å². The lowest BCUT2D eigenvalue weighted by Crippen LogP contribution is -2.37. The maximum Gasteiger partial charge on any atom is 0.167 e. The number of nitrogens with two attached hydrogens (primary N) is 1. The summed E-state index contributed by atoms with van der Waals surface area (Å²) in [6, 6.07) is 8.34. The Balaban J connectivity index is 1.23. The summed E-state index contributed by atoms with van der Waals surface area (Å²) < 4.78 is 7.81. The molecule has 1 aliphatic rings. The number of para-hydroxylation sites is 1. The average molecular weight is 469 g/mol. The topological polar surface area (TPSA) is 135 Å². The number of rotatable bonds is 8. The van der Waals surface area contributed by atoms with Crippen molar-refractivity contribution in [1.82, 2.24) is 24.5 Å². The number of H-pyrrole nitrogens is 1. The van der Waals surface area contributed by atoms with Gasteiger partial charge in [-0.1, -0.05) is 24.6 Å². The maximum atomic E-state index is 10.8. The van der Waals surface area contributed by atoms with Crippen molar-refractivity contribution < 1.29 is 14.9 Å². The van der Waals surface area contributed by atoms with E-state index in [0.29, 0.717) is 11.2 Å². The molecule has 5 atom stereocenters. The van der Waals surface area contributed by atoms with Gasteiger partial charge in [-0.05, 0) is 37.1 Å². The van der Waals surface area contributed by atoms with Crippen LogP contribution >= 0.6 is 11.8 Å². The number of imidazole rings is 1. The van der Waals surface area contributed by atoms with Crippen LogP contribution in [0.5, 0.6) is 0 Å². The molecule has 0 saturated carbocycles. The van der Waals surface area contributed by atoms with Gasteiger partial charge in [-0.3, -0.25) is 4.57 Å². The number of fused-ring (bicyclic) bond motifs is 2. The molecule has 0 spiro atoms. The molecule has 0 radical (unpaired) electrons. The summed E-state index contributed by atoms with van der Waals surface area (Å²) in [5.41, 5.74) is 9.29. The predicted octanol–water partition coefficient (Wildman–Crippen LogP) is 2.65. The fourth-order valence-corrected chi connectivity index (χ4v) is 5.59. The molecule has 174 valence electrons. The molecule has 10 heteroatoms. The second-order valence-electron chi connectivity index (χ2n) is 8.43. The number of anilines is 1. The van der Waals surface area contributed by atoms with E-state index in [2.05, 4.69) is 44.3 Å².